The summed E-state index contributed by atoms with van der Waals surface area (Å²) in [4.78, 5) is 0. The van der Waals surface area contributed by atoms with Crippen LogP contribution in [0.1, 0.15) is 16.8 Å². The molecule has 0 atom stereocenters. The van der Waals surface area contributed by atoms with Gasteiger partial charge in [0.15, 0.2) is 0 Å². The van der Waals surface area contributed by atoms with E-state index in [1.165, 1.54) is 13.2 Å². The van der Waals surface area contributed by atoms with E-state index in [1.807, 2.05) is 0 Å². The molecule has 2 aromatic rings. The maximum atomic E-state index is 12.6. The third-order valence-electron chi connectivity index (χ3n) is 2.91. The number of benzene rings is 1. The van der Waals surface area contributed by atoms with Crippen LogP contribution in [0.4, 0.5) is 13.2 Å². The smallest absolute Gasteiger partial charge is 0.416 e. The molecule has 20 heavy (non-hydrogen) atoms. The van der Waals surface area contributed by atoms with E-state index in [0.717, 1.165) is 17.8 Å². The predicted molar refractivity (Wildman–Crippen MR) is 66.4 cm³/mol. The normalized spacial score (nSPS) is 11.7. The molecule has 0 unspecified atom stereocenters. The van der Waals surface area contributed by atoms with Gasteiger partial charge in [-0.25, -0.2) is 0 Å². The Kier molecular flexibility index (Phi) is 3.96. The van der Waals surface area contributed by atoms with Gasteiger partial charge in [-0.1, -0.05) is 11.3 Å². The van der Waals surface area contributed by atoms with Gasteiger partial charge in [0.2, 0.25) is 0 Å². The van der Waals surface area contributed by atoms with E-state index < -0.39 is 11.7 Å². The molecule has 7 heteroatoms. The molecule has 0 aliphatic carbocycles. The molecule has 0 radical (unpaired) electrons. The van der Waals surface area contributed by atoms with Crippen molar-refractivity contribution in [2.24, 2.45) is 7.05 Å². The molecule has 0 aliphatic heterocycles. The van der Waals surface area contributed by atoms with Crippen LogP contribution in [0.2, 0.25) is 0 Å². The highest BCUT2D eigenvalue weighted by Crippen LogP contribution is 2.33. The first kappa shape index (κ1) is 14.4. The lowest BCUT2D eigenvalue weighted by Crippen LogP contribution is -2.06. The van der Waals surface area contributed by atoms with Crippen LogP contribution in [-0.2, 0) is 26.1 Å². The summed E-state index contributed by atoms with van der Waals surface area (Å²) in [5.41, 5.74) is 0.790. The molecule has 0 aliphatic rings. The van der Waals surface area contributed by atoms with Crippen molar-refractivity contribution in [3.05, 3.63) is 41.2 Å². The van der Waals surface area contributed by atoms with E-state index in [1.54, 1.807) is 17.9 Å². The highest BCUT2D eigenvalue weighted by Gasteiger charge is 2.31. The molecule has 4 nitrogen and oxygen atoms in total. The maximum Gasteiger partial charge on any atom is 0.416 e. The Morgan fingerprint density at radius 1 is 1.25 bits per heavy atom. The largest absolute Gasteiger partial charge is 0.496 e. The number of aryl methyl sites for hydroxylation is 3. The zero-order chi connectivity index (χ0) is 14.8. The summed E-state index contributed by atoms with van der Waals surface area (Å²) in [6.45, 7) is 0. The molecular formula is C13H14F3N3O. The maximum absolute atomic E-state index is 12.6. The number of hydrogen-bond donors (Lipinski definition) is 0. The Morgan fingerprint density at radius 3 is 2.55 bits per heavy atom. The van der Waals surface area contributed by atoms with Crippen LogP contribution in [0.15, 0.2) is 24.4 Å². The van der Waals surface area contributed by atoms with Crippen molar-refractivity contribution in [1.82, 2.24) is 15.0 Å². The number of methoxy groups -OCH3 is 1. The summed E-state index contributed by atoms with van der Waals surface area (Å²) in [6.07, 6.45) is -1.46. The first-order valence-electron chi connectivity index (χ1n) is 5.99. The third kappa shape index (κ3) is 3.28. The number of alkyl halides is 3. The molecule has 1 aromatic heterocycles. The Morgan fingerprint density at radius 2 is 2.00 bits per heavy atom. The lowest BCUT2D eigenvalue weighted by Gasteiger charge is -2.12. The zero-order valence-electron chi connectivity index (χ0n) is 11.1. The van der Waals surface area contributed by atoms with Gasteiger partial charge in [-0.2, -0.15) is 13.2 Å². The van der Waals surface area contributed by atoms with Crippen LogP contribution in [0, 0.1) is 0 Å². The van der Waals surface area contributed by atoms with E-state index >= 15 is 0 Å². The fourth-order valence-electron chi connectivity index (χ4n) is 1.90. The topological polar surface area (TPSA) is 39.9 Å². The van der Waals surface area contributed by atoms with Crippen molar-refractivity contribution in [3.63, 3.8) is 0 Å². The van der Waals surface area contributed by atoms with Crippen molar-refractivity contribution in [2.45, 2.75) is 19.0 Å². The minimum atomic E-state index is -4.36. The molecule has 0 saturated heterocycles. The monoisotopic (exact) mass is 285 g/mol. The summed E-state index contributed by atoms with van der Waals surface area (Å²) < 4.78 is 44.5. The second-order valence-electron chi connectivity index (χ2n) is 4.41. The van der Waals surface area contributed by atoms with E-state index in [4.69, 9.17) is 4.74 Å². The highest BCUT2D eigenvalue weighted by atomic mass is 19.4. The number of nitrogens with zero attached hydrogens (tertiary/aromatic N) is 3. The number of hydrogen-bond acceptors (Lipinski definition) is 3. The summed E-state index contributed by atoms with van der Waals surface area (Å²) >= 11 is 0. The molecule has 108 valence electrons. The number of halogens is 3. The first-order chi connectivity index (χ1) is 9.40. The van der Waals surface area contributed by atoms with Crippen molar-refractivity contribution < 1.29 is 17.9 Å². The van der Waals surface area contributed by atoms with Gasteiger partial charge in [-0.15, -0.1) is 5.10 Å². The van der Waals surface area contributed by atoms with E-state index in [-0.39, 0.29) is 5.75 Å². The molecule has 2 rings (SSSR count). The van der Waals surface area contributed by atoms with Crippen LogP contribution in [-0.4, -0.2) is 22.1 Å². The minimum Gasteiger partial charge on any atom is -0.496 e. The summed E-state index contributed by atoms with van der Waals surface area (Å²) in [5.74, 6) is 0.240. The molecule has 0 amide bonds. The minimum absolute atomic E-state index is 0.240. The Bertz CT molecular complexity index is 593. The van der Waals surface area contributed by atoms with E-state index in [2.05, 4.69) is 10.3 Å². The SMILES string of the molecule is COc1cc(C(F)(F)F)ccc1CCc1cn(C)nn1. The molecule has 1 aromatic carbocycles. The lowest BCUT2D eigenvalue weighted by molar-refractivity contribution is -0.137. The zero-order valence-corrected chi connectivity index (χ0v) is 11.1. The van der Waals surface area contributed by atoms with Gasteiger partial charge in [-0.3, -0.25) is 4.68 Å². The van der Waals surface area contributed by atoms with Crippen LogP contribution in [0.25, 0.3) is 0 Å². The molecule has 1 heterocycles. The van der Waals surface area contributed by atoms with Gasteiger partial charge in [-0.05, 0) is 30.5 Å². The second kappa shape index (κ2) is 5.52. The van der Waals surface area contributed by atoms with Gasteiger partial charge in [0, 0.05) is 13.2 Å². The predicted octanol–water partition coefficient (Wildman–Crippen LogP) is 2.63. The highest BCUT2D eigenvalue weighted by molar-refractivity contribution is 5.39. The van der Waals surface area contributed by atoms with Gasteiger partial charge in [0.05, 0.1) is 18.4 Å². The van der Waals surface area contributed by atoms with Crippen LogP contribution < -0.4 is 4.74 Å². The fraction of sp³-hybridized carbons (Fsp3) is 0.385. The average molecular weight is 285 g/mol. The van der Waals surface area contributed by atoms with Crippen LogP contribution in [0.3, 0.4) is 0 Å². The summed E-state index contributed by atoms with van der Waals surface area (Å²) in [6, 6.07) is 3.53. The first-order valence-corrected chi connectivity index (χ1v) is 5.99. The van der Waals surface area contributed by atoms with Crippen molar-refractivity contribution in [2.75, 3.05) is 7.11 Å². The molecule has 0 fully saturated rings. The van der Waals surface area contributed by atoms with Gasteiger partial charge in [0.25, 0.3) is 0 Å². The van der Waals surface area contributed by atoms with E-state index in [9.17, 15) is 13.2 Å². The van der Waals surface area contributed by atoms with Gasteiger partial charge in [0.1, 0.15) is 5.75 Å². The fourth-order valence-corrected chi connectivity index (χ4v) is 1.90. The van der Waals surface area contributed by atoms with Crippen molar-refractivity contribution in [3.8, 4) is 5.75 Å². The Hall–Kier alpha value is -2.05. The quantitative estimate of drug-likeness (QED) is 0.867. The summed E-state index contributed by atoms with van der Waals surface area (Å²) in [7, 11) is 3.12. The second-order valence-corrected chi connectivity index (χ2v) is 4.41. The van der Waals surface area contributed by atoms with Crippen molar-refractivity contribution in [1.29, 1.82) is 0 Å². The van der Waals surface area contributed by atoms with E-state index in [0.29, 0.717) is 18.4 Å². The molecule has 0 bridgehead atoms. The van der Waals surface area contributed by atoms with Gasteiger partial charge >= 0.3 is 6.18 Å². The molecule has 0 saturated carbocycles. The molecule has 0 spiro atoms. The average Bonchev–Trinajstić information content (AvgIpc) is 2.81. The number of ether oxygens (including phenoxy) is 1. The molecular weight excluding hydrogens is 271 g/mol. The Labute approximate surface area is 114 Å². The lowest BCUT2D eigenvalue weighted by atomic mass is 10.0. The molecule has 0 N–H and O–H groups in total. The summed E-state index contributed by atoms with van der Waals surface area (Å²) in [5, 5.41) is 7.74. The Balaban J connectivity index is 2.15. The number of rotatable bonds is 4. The van der Waals surface area contributed by atoms with Crippen LogP contribution >= 0.6 is 0 Å². The van der Waals surface area contributed by atoms with Crippen molar-refractivity contribution >= 4 is 0 Å². The van der Waals surface area contributed by atoms with Gasteiger partial charge < -0.3 is 4.74 Å². The standard InChI is InChI=1S/C13H14F3N3O/c1-19-8-11(17-18-19)6-4-9-3-5-10(13(14,15)16)7-12(9)20-2/h3,5,7-8H,4,6H2,1-2H3. The number of aromatic nitrogens is 3. The third-order valence-corrected chi connectivity index (χ3v) is 2.91. The van der Waals surface area contributed by atoms with Crippen LogP contribution in [0.5, 0.6) is 5.75 Å².